The lowest BCUT2D eigenvalue weighted by Gasteiger charge is -2.30. The number of fused-ring (bicyclic) bond motifs is 2. The Morgan fingerprint density at radius 2 is 1.64 bits per heavy atom. The Kier molecular flexibility index (Phi) is 4.20. The van der Waals surface area contributed by atoms with Crippen molar-refractivity contribution in [2.24, 2.45) is 0 Å². The van der Waals surface area contributed by atoms with Crippen LogP contribution in [0.1, 0.15) is 23.5 Å². The van der Waals surface area contributed by atoms with Crippen molar-refractivity contribution in [1.29, 1.82) is 0 Å². The van der Waals surface area contributed by atoms with Gasteiger partial charge in [-0.1, -0.05) is 42.5 Å². The van der Waals surface area contributed by atoms with E-state index >= 15 is 0 Å². The molecule has 1 saturated heterocycles. The first-order valence-electron chi connectivity index (χ1n) is 9.52. The fourth-order valence-electron chi connectivity index (χ4n) is 3.97. The van der Waals surface area contributed by atoms with Crippen LogP contribution in [0.15, 0.2) is 72.9 Å². The SMILES string of the molecule is O=C(C1c2ccccc2Oc2ccccc21)N1CCC(Oc2ccccn2)C1. The number of nitrogens with zero attached hydrogens (tertiary/aromatic N) is 2. The first-order valence-corrected chi connectivity index (χ1v) is 9.52. The van der Waals surface area contributed by atoms with Crippen molar-refractivity contribution < 1.29 is 14.3 Å². The minimum Gasteiger partial charge on any atom is -0.472 e. The summed E-state index contributed by atoms with van der Waals surface area (Å²) in [6.45, 7) is 1.25. The van der Waals surface area contributed by atoms with Crippen LogP contribution in [-0.2, 0) is 4.79 Å². The van der Waals surface area contributed by atoms with Gasteiger partial charge in [0.25, 0.3) is 0 Å². The summed E-state index contributed by atoms with van der Waals surface area (Å²) in [6.07, 6.45) is 2.47. The standard InChI is InChI=1S/C23H20N2O3/c26-23(25-14-12-16(15-25)27-21-11-5-6-13-24-21)22-17-7-1-3-9-19(17)28-20-10-4-2-8-18(20)22/h1-11,13,16,22H,12,14-15H2. The molecule has 1 unspecified atom stereocenters. The minimum atomic E-state index is -0.352. The molecule has 5 rings (SSSR count). The summed E-state index contributed by atoms with van der Waals surface area (Å²) in [4.78, 5) is 19.6. The second-order valence-electron chi connectivity index (χ2n) is 7.09. The highest BCUT2D eigenvalue weighted by Crippen LogP contribution is 2.44. The van der Waals surface area contributed by atoms with E-state index in [1.807, 2.05) is 71.6 Å². The number of amides is 1. The molecule has 2 aliphatic rings. The lowest BCUT2D eigenvalue weighted by atomic mass is 9.87. The van der Waals surface area contributed by atoms with Gasteiger partial charge in [0, 0.05) is 36.4 Å². The van der Waals surface area contributed by atoms with Crippen LogP contribution in [0.2, 0.25) is 0 Å². The molecule has 5 nitrogen and oxygen atoms in total. The van der Waals surface area contributed by atoms with Gasteiger partial charge in [0.1, 0.15) is 17.6 Å². The van der Waals surface area contributed by atoms with E-state index in [0.29, 0.717) is 19.0 Å². The van der Waals surface area contributed by atoms with Crippen LogP contribution in [0.5, 0.6) is 17.4 Å². The van der Waals surface area contributed by atoms with Crippen LogP contribution in [0.25, 0.3) is 0 Å². The Morgan fingerprint density at radius 1 is 0.964 bits per heavy atom. The largest absolute Gasteiger partial charge is 0.472 e. The first-order chi connectivity index (χ1) is 13.8. The third-order valence-electron chi connectivity index (χ3n) is 5.31. The smallest absolute Gasteiger partial charge is 0.234 e. The van der Waals surface area contributed by atoms with Crippen molar-refractivity contribution in [3.8, 4) is 17.4 Å². The monoisotopic (exact) mass is 372 g/mol. The number of pyridine rings is 1. The molecule has 1 atom stereocenters. The Hall–Kier alpha value is -3.34. The highest BCUT2D eigenvalue weighted by Gasteiger charge is 2.38. The van der Waals surface area contributed by atoms with E-state index in [1.165, 1.54) is 0 Å². The van der Waals surface area contributed by atoms with E-state index in [0.717, 1.165) is 29.0 Å². The van der Waals surface area contributed by atoms with Gasteiger partial charge in [-0.25, -0.2) is 4.98 Å². The Morgan fingerprint density at radius 3 is 2.32 bits per heavy atom. The van der Waals surface area contributed by atoms with Gasteiger partial charge in [-0.2, -0.15) is 0 Å². The van der Waals surface area contributed by atoms with Crippen LogP contribution >= 0.6 is 0 Å². The van der Waals surface area contributed by atoms with Gasteiger partial charge in [-0.15, -0.1) is 0 Å². The zero-order valence-corrected chi connectivity index (χ0v) is 15.3. The van der Waals surface area contributed by atoms with Crippen molar-refractivity contribution in [3.05, 3.63) is 84.1 Å². The maximum atomic E-state index is 13.5. The molecule has 1 amide bonds. The number of hydrogen-bond acceptors (Lipinski definition) is 4. The quantitative estimate of drug-likeness (QED) is 0.697. The summed E-state index contributed by atoms with van der Waals surface area (Å²) in [6, 6.07) is 21.2. The number of rotatable bonds is 3. The maximum absolute atomic E-state index is 13.5. The van der Waals surface area contributed by atoms with Gasteiger partial charge < -0.3 is 14.4 Å². The molecule has 2 aromatic carbocycles. The lowest BCUT2D eigenvalue weighted by Crippen LogP contribution is -2.36. The van der Waals surface area contributed by atoms with Gasteiger partial charge in [-0.05, 0) is 18.2 Å². The average molecular weight is 372 g/mol. The average Bonchev–Trinajstić information content (AvgIpc) is 3.21. The van der Waals surface area contributed by atoms with Gasteiger partial charge in [0.05, 0.1) is 12.5 Å². The van der Waals surface area contributed by atoms with Gasteiger partial charge in [0.15, 0.2) is 0 Å². The summed E-state index contributed by atoms with van der Waals surface area (Å²) in [5.74, 6) is 1.84. The molecule has 5 heteroatoms. The molecule has 0 saturated carbocycles. The molecule has 0 aliphatic carbocycles. The number of carbonyl (C=O) groups is 1. The number of hydrogen-bond donors (Lipinski definition) is 0. The van der Waals surface area contributed by atoms with Crippen LogP contribution in [0.4, 0.5) is 0 Å². The van der Waals surface area contributed by atoms with Crippen molar-refractivity contribution in [1.82, 2.24) is 9.88 Å². The third kappa shape index (κ3) is 2.99. The van der Waals surface area contributed by atoms with Crippen LogP contribution < -0.4 is 9.47 Å². The highest BCUT2D eigenvalue weighted by atomic mass is 16.5. The number of ether oxygens (including phenoxy) is 2. The fourth-order valence-corrected chi connectivity index (χ4v) is 3.97. The molecule has 0 spiro atoms. The molecule has 28 heavy (non-hydrogen) atoms. The Balaban J connectivity index is 1.40. The number of benzene rings is 2. The van der Waals surface area contributed by atoms with E-state index in [9.17, 15) is 4.79 Å². The molecule has 140 valence electrons. The second-order valence-corrected chi connectivity index (χ2v) is 7.09. The van der Waals surface area contributed by atoms with E-state index in [1.54, 1.807) is 6.20 Å². The number of carbonyl (C=O) groups excluding carboxylic acids is 1. The Labute approximate surface area is 163 Å². The van der Waals surface area contributed by atoms with Gasteiger partial charge in [0.2, 0.25) is 11.8 Å². The van der Waals surface area contributed by atoms with Crippen molar-refractivity contribution in [3.63, 3.8) is 0 Å². The van der Waals surface area contributed by atoms with Crippen molar-refractivity contribution in [2.45, 2.75) is 18.4 Å². The second kappa shape index (κ2) is 7.00. The summed E-state index contributed by atoms with van der Waals surface area (Å²) in [5.41, 5.74) is 1.83. The molecule has 3 heterocycles. The van der Waals surface area contributed by atoms with Gasteiger partial charge >= 0.3 is 0 Å². The number of para-hydroxylation sites is 2. The summed E-state index contributed by atoms with van der Waals surface area (Å²) >= 11 is 0. The molecular weight excluding hydrogens is 352 g/mol. The van der Waals surface area contributed by atoms with E-state index in [-0.39, 0.29) is 17.9 Å². The number of aromatic nitrogens is 1. The number of likely N-dealkylation sites (tertiary alicyclic amines) is 1. The molecule has 2 aliphatic heterocycles. The highest BCUT2D eigenvalue weighted by molar-refractivity contribution is 5.90. The lowest BCUT2D eigenvalue weighted by molar-refractivity contribution is -0.131. The minimum absolute atomic E-state index is 0.0378. The predicted molar refractivity (Wildman–Crippen MR) is 105 cm³/mol. The molecule has 0 N–H and O–H groups in total. The molecule has 1 aromatic heterocycles. The maximum Gasteiger partial charge on any atom is 0.234 e. The summed E-state index contributed by atoms with van der Waals surface area (Å²) < 4.78 is 12.0. The topological polar surface area (TPSA) is 51.7 Å². The molecule has 0 radical (unpaired) electrons. The van der Waals surface area contributed by atoms with Crippen molar-refractivity contribution >= 4 is 5.91 Å². The fraction of sp³-hybridized carbons (Fsp3) is 0.217. The Bertz CT molecular complexity index is 960. The molecule has 3 aromatic rings. The molecule has 1 fully saturated rings. The van der Waals surface area contributed by atoms with E-state index in [4.69, 9.17) is 9.47 Å². The van der Waals surface area contributed by atoms with Gasteiger partial charge in [-0.3, -0.25) is 4.79 Å². The van der Waals surface area contributed by atoms with Crippen molar-refractivity contribution in [2.75, 3.05) is 13.1 Å². The molecule has 0 bridgehead atoms. The zero-order chi connectivity index (χ0) is 18.9. The van der Waals surface area contributed by atoms with E-state index < -0.39 is 0 Å². The van der Waals surface area contributed by atoms with Crippen LogP contribution in [0, 0.1) is 0 Å². The summed E-state index contributed by atoms with van der Waals surface area (Å²) in [5, 5.41) is 0. The third-order valence-corrected chi connectivity index (χ3v) is 5.31. The van der Waals surface area contributed by atoms with Crippen LogP contribution in [0.3, 0.4) is 0 Å². The predicted octanol–water partition coefficient (Wildman–Crippen LogP) is 4.00. The normalized spacial score (nSPS) is 18.1. The first kappa shape index (κ1) is 16.8. The molecular formula is C23H20N2O3. The summed E-state index contributed by atoms with van der Waals surface area (Å²) in [7, 11) is 0. The van der Waals surface area contributed by atoms with Crippen LogP contribution in [-0.4, -0.2) is 35.0 Å². The zero-order valence-electron chi connectivity index (χ0n) is 15.3. The van der Waals surface area contributed by atoms with E-state index in [2.05, 4.69) is 4.98 Å².